The number of carboxylic acid groups (broad SMARTS) is 1. The molecule has 1 aromatic carbocycles. The zero-order valence-electron chi connectivity index (χ0n) is 9.74. The van der Waals surface area contributed by atoms with Crippen LogP contribution in [0.2, 0.25) is 0 Å². The van der Waals surface area contributed by atoms with Crippen molar-refractivity contribution in [2.45, 2.75) is 25.3 Å². The van der Waals surface area contributed by atoms with Gasteiger partial charge in [-0.1, -0.05) is 0 Å². The Kier molecular flexibility index (Phi) is 5.44. The number of carbonyl (C=O) groups is 1. The average Bonchev–Trinajstić information content (AvgIpc) is 2.28. The second kappa shape index (κ2) is 6.61. The van der Waals surface area contributed by atoms with Gasteiger partial charge in [0.1, 0.15) is 11.8 Å². The molecule has 0 heterocycles. The Balaban J connectivity index is 2.59. The molecule has 1 rings (SSSR count). The highest BCUT2D eigenvalue weighted by Crippen LogP contribution is 2.28. The number of hydrogen-bond donors (Lipinski definition) is 1. The molecule has 0 unspecified atom stereocenters. The van der Waals surface area contributed by atoms with Gasteiger partial charge in [-0.25, -0.2) is 0 Å². The van der Waals surface area contributed by atoms with Crippen LogP contribution in [0, 0.1) is 0 Å². The highest BCUT2D eigenvalue weighted by molar-refractivity contribution is 9.10. The quantitative estimate of drug-likeness (QED) is 0.838. The summed E-state index contributed by atoms with van der Waals surface area (Å²) in [6.07, 6.45) is 1.40. The fraction of sp³-hybridized carbons (Fsp3) is 0.417. The molecule has 0 fully saturated rings. The van der Waals surface area contributed by atoms with Gasteiger partial charge in [-0.15, -0.1) is 0 Å². The number of halogens is 1. The lowest BCUT2D eigenvalue weighted by atomic mass is 10.0. The van der Waals surface area contributed by atoms with Crippen LogP contribution in [0.1, 0.15) is 30.9 Å². The third-order valence-electron chi connectivity index (χ3n) is 2.58. The van der Waals surface area contributed by atoms with Gasteiger partial charge in [0, 0.05) is 18.0 Å². The molecular weight excluding hydrogens is 286 g/mol. The summed E-state index contributed by atoms with van der Waals surface area (Å²) in [4.78, 5) is 10.3. The Morgan fingerprint density at radius 1 is 1.59 bits per heavy atom. The van der Waals surface area contributed by atoms with Gasteiger partial charge in [0.05, 0.1) is 11.6 Å². The lowest BCUT2D eigenvalue weighted by Gasteiger charge is -2.11. The Bertz CT molecular complexity index is 395. The molecule has 17 heavy (non-hydrogen) atoms. The number of carbonyl (C=O) groups excluding carboxylic acids is 1. The van der Waals surface area contributed by atoms with Crippen LogP contribution in [0.25, 0.3) is 0 Å². The van der Waals surface area contributed by atoms with E-state index >= 15 is 0 Å². The van der Waals surface area contributed by atoms with Gasteiger partial charge in [-0.2, -0.15) is 0 Å². The smallest absolute Gasteiger partial charge is 0.133 e. The van der Waals surface area contributed by atoms with Gasteiger partial charge in [-0.3, -0.25) is 0 Å². The van der Waals surface area contributed by atoms with Gasteiger partial charge in [0.25, 0.3) is 0 Å². The molecule has 5 heteroatoms. The van der Waals surface area contributed by atoms with E-state index in [1.807, 2.05) is 18.2 Å². The third-order valence-corrected chi connectivity index (χ3v) is 3.20. The highest BCUT2D eigenvalue weighted by Gasteiger charge is 2.11. The minimum atomic E-state index is -1.01. The number of hydrogen-bond acceptors (Lipinski definition) is 3. The lowest BCUT2D eigenvalue weighted by molar-refractivity contribution is -0.428. The molecule has 94 valence electrons. The molecule has 0 aliphatic rings. The second-order valence-electron chi connectivity index (χ2n) is 3.86. The predicted molar refractivity (Wildman–Crippen MR) is 65.2 cm³/mol. The normalized spacial score (nSPS) is 12.2. The van der Waals surface area contributed by atoms with Crippen molar-refractivity contribution in [2.75, 3.05) is 7.11 Å². The van der Waals surface area contributed by atoms with Gasteiger partial charge in [0.15, 0.2) is 0 Å². The molecule has 0 aliphatic carbocycles. The first kappa shape index (κ1) is 14.0. The van der Waals surface area contributed by atoms with Crippen LogP contribution in [0.15, 0.2) is 22.7 Å². The van der Waals surface area contributed by atoms with E-state index in [9.17, 15) is 9.90 Å². The molecule has 0 bridgehead atoms. The van der Waals surface area contributed by atoms with Crippen molar-refractivity contribution in [2.24, 2.45) is 0 Å². The Morgan fingerprint density at radius 2 is 2.29 bits per heavy atom. The topological polar surface area (TPSA) is 77.0 Å². The molecule has 0 aliphatic heterocycles. The zero-order valence-corrected chi connectivity index (χ0v) is 11.3. The zero-order chi connectivity index (χ0) is 12.8. The summed E-state index contributed by atoms with van der Waals surface area (Å²) in [6, 6.07) is 5.85. The van der Waals surface area contributed by atoms with Crippen molar-refractivity contribution in [3.05, 3.63) is 28.2 Å². The monoisotopic (exact) mass is 301 g/mol. The highest BCUT2D eigenvalue weighted by atomic mass is 79.9. The number of ether oxygens (including phenoxy) is 1. The van der Waals surface area contributed by atoms with Crippen molar-refractivity contribution >= 4 is 21.9 Å². The van der Waals surface area contributed by atoms with Gasteiger partial charge >= 0.3 is 0 Å². The predicted octanol–water partition coefficient (Wildman–Crippen LogP) is 0.661. The number of benzene rings is 1. The molecule has 0 spiro atoms. The molecule has 1 atom stereocenters. The van der Waals surface area contributed by atoms with Crippen molar-refractivity contribution in [1.29, 1.82) is 0 Å². The van der Waals surface area contributed by atoms with Crippen molar-refractivity contribution in [1.82, 2.24) is 0 Å². The number of quaternary nitrogens is 1. The van der Waals surface area contributed by atoms with Crippen LogP contribution in [0.3, 0.4) is 0 Å². The first-order chi connectivity index (χ1) is 8.04. The molecular formula is C12H16BrNO3. The van der Waals surface area contributed by atoms with E-state index in [4.69, 9.17) is 4.74 Å². The summed E-state index contributed by atoms with van der Waals surface area (Å²) in [6.45, 7) is 0. The van der Waals surface area contributed by atoms with Crippen LogP contribution < -0.4 is 15.6 Å². The van der Waals surface area contributed by atoms with Crippen LogP contribution in [-0.2, 0) is 4.79 Å². The minimum Gasteiger partial charge on any atom is -0.550 e. The Labute approximate surface area is 109 Å². The first-order valence-corrected chi connectivity index (χ1v) is 6.20. The summed E-state index contributed by atoms with van der Waals surface area (Å²) in [5, 5.41) is 10.3. The largest absolute Gasteiger partial charge is 0.550 e. The third kappa shape index (κ3) is 4.36. The van der Waals surface area contributed by atoms with E-state index in [1.165, 1.54) is 0 Å². The van der Waals surface area contributed by atoms with Gasteiger partial charge < -0.3 is 20.4 Å². The molecule has 0 aromatic heterocycles. The number of methoxy groups -OCH3 is 1. The SMILES string of the molecule is COc1ccc([C@@H]([NH3+])CCCC(=O)[O-])cc1Br. The first-order valence-electron chi connectivity index (χ1n) is 5.41. The van der Waals surface area contributed by atoms with E-state index < -0.39 is 5.97 Å². The maximum Gasteiger partial charge on any atom is 0.133 e. The van der Waals surface area contributed by atoms with Gasteiger partial charge in [0.2, 0.25) is 0 Å². The number of rotatable bonds is 6. The summed E-state index contributed by atoms with van der Waals surface area (Å²) < 4.78 is 6.02. The lowest BCUT2D eigenvalue weighted by Crippen LogP contribution is -2.53. The summed E-state index contributed by atoms with van der Waals surface area (Å²) >= 11 is 3.41. The Hall–Kier alpha value is -1.07. The minimum absolute atomic E-state index is 0.0801. The van der Waals surface area contributed by atoms with E-state index in [1.54, 1.807) is 7.11 Å². The van der Waals surface area contributed by atoms with E-state index in [2.05, 4.69) is 21.7 Å². The summed E-state index contributed by atoms with van der Waals surface area (Å²) in [5.41, 5.74) is 5.09. The molecule has 0 amide bonds. The second-order valence-corrected chi connectivity index (χ2v) is 4.71. The van der Waals surface area contributed by atoms with Crippen LogP contribution >= 0.6 is 15.9 Å². The maximum absolute atomic E-state index is 10.3. The van der Waals surface area contributed by atoms with E-state index in [0.29, 0.717) is 6.42 Å². The van der Waals surface area contributed by atoms with Crippen molar-refractivity contribution in [3.8, 4) is 5.75 Å². The molecule has 3 N–H and O–H groups in total. The van der Waals surface area contributed by atoms with Crippen molar-refractivity contribution < 1.29 is 20.4 Å². The molecule has 0 saturated heterocycles. The summed E-state index contributed by atoms with van der Waals surface area (Å²) in [5.74, 6) is -0.233. The van der Waals surface area contributed by atoms with E-state index in [-0.39, 0.29) is 12.5 Å². The standard InChI is InChI=1S/C12H16BrNO3/c1-17-11-6-5-8(7-9(11)13)10(14)3-2-4-12(15)16/h5-7,10H,2-4,14H2,1H3,(H,15,16)/t10-/m0/s1. The average molecular weight is 302 g/mol. The van der Waals surface area contributed by atoms with Gasteiger partial charge in [-0.05, 0) is 47.0 Å². The van der Waals surface area contributed by atoms with Crippen molar-refractivity contribution in [3.63, 3.8) is 0 Å². The molecule has 0 saturated carbocycles. The maximum atomic E-state index is 10.3. The van der Waals surface area contributed by atoms with Crippen LogP contribution in [0.5, 0.6) is 5.75 Å². The molecule has 0 radical (unpaired) electrons. The summed E-state index contributed by atoms with van der Waals surface area (Å²) in [7, 11) is 1.61. The molecule has 4 nitrogen and oxygen atoms in total. The van der Waals surface area contributed by atoms with E-state index in [0.717, 1.165) is 22.2 Å². The number of carboxylic acids is 1. The fourth-order valence-corrected chi connectivity index (χ4v) is 2.15. The molecule has 1 aromatic rings. The fourth-order valence-electron chi connectivity index (χ4n) is 1.60. The van der Waals surface area contributed by atoms with Crippen LogP contribution in [0.4, 0.5) is 0 Å². The van der Waals surface area contributed by atoms with Crippen LogP contribution in [-0.4, -0.2) is 13.1 Å². The Morgan fingerprint density at radius 3 is 2.82 bits per heavy atom. The number of aliphatic carboxylic acids is 1.